The summed E-state index contributed by atoms with van der Waals surface area (Å²) in [4.78, 5) is 0. The quantitative estimate of drug-likeness (QED) is 0.265. The van der Waals surface area contributed by atoms with Gasteiger partial charge in [0.1, 0.15) is 0 Å². The van der Waals surface area contributed by atoms with Crippen LogP contribution in [-0.4, -0.2) is 10.3 Å². The molecule has 0 atom stereocenters. The van der Waals surface area contributed by atoms with Crippen LogP contribution in [0.5, 0.6) is 0 Å². The van der Waals surface area contributed by atoms with Crippen molar-refractivity contribution in [3.63, 3.8) is 0 Å². The third-order valence-corrected chi connectivity index (χ3v) is 12.4. The summed E-state index contributed by atoms with van der Waals surface area (Å²) in [6.07, 6.45) is 0. The Morgan fingerprint density at radius 3 is 1.55 bits per heavy atom. The lowest BCUT2D eigenvalue weighted by Gasteiger charge is -2.43. The van der Waals surface area contributed by atoms with Crippen molar-refractivity contribution in [1.29, 1.82) is 0 Å². The van der Waals surface area contributed by atoms with Crippen LogP contribution in [0.15, 0.2) is 36.4 Å². The summed E-state index contributed by atoms with van der Waals surface area (Å²) in [5, 5.41) is 1.92. The topological polar surface area (TPSA) is 0 Å². The second-order valence-corrected chi connectivity index (χ2v) is 18.8. The summed E-state index contributed by atoms with van der Waals surface area (Å²) in [6.45, 7) is 38.2. The van der Waals surface area contributed by atoms with Gasteiger partial charge in [-0.1, -0.05) is 127 Å². The first-order valence-electron chi connectivity index (χ1n) is 15.5. The molecule has 0 aliphatic heterocycles. The molecule has 0 fully saturated rings. The number of hydrogen-bond acceptors (Lipinski definition) is 0. The fourth-order valence-corrected chi connectivity index (χ4v) is 11.1. The molecular formula is C39H57P. The van der Waals surface area contributed by atoms with E-state index < -0.39 is 7.92 Å². The van der Waals surface area contributed by atoms with Crippen LogP contribution in [0.2, 0.25) is 0 Å². The van der Waals surface area contributed by atoms with Crippen LogP contribution in [-0.2, 0) is 0 Å². The summed E-state index contributed by atoms with van der Waals surface area (Å²) in [6, 6.07) is 14.5. The summed E-state index contributed by atoms with van der Waals surface area (Å²) in [5.41, 5.74) is 16.0. The van der Waals surface area contributed by atoms with Gasteiger partial charge in [0, 0.05) is 0 Å². The lowest BCUT2D eigenvalue weighted by Crippen LogP contribution is -2.32. The van der Waals surface area contributed by atoms with Crippen molar-refractivity contribution in [2.75, 3.05) is 0 Å². The van der Waals surface area contributed by atoms with Gasteiger partial charge in [0.05, 0.1) is 0 Å². The molecule has 0 saturated heterocycles. The van der Waals surface area contributed by atoms with E-state index in [0.717, 1.165) is 0 Å². The summed E-state index contributed by atoms with van der Waals surface area (Å²) in [7, 11) is -0.459. The largest absolute Gasteiger partial charge is 0.0636 e. The molecule has 0 bridgehead atoms. The maximum Gasteiger partial charge on any atom is -0.00645 e. The highest BCUT2D eigenvalue weighted by atomic mass is 31.1. The Kier molecular flexibility index (Phi) is 9.59. The average Bonchev–Trinajstić information content (AvgIpc) is 2.82. The van der Waals surface area contributed by atoms with Crippen molar-refractivity contribution in [2.24, 2.45) is 0 Å². The molecule has 0 saturated carbocycles. The Bertz CT molecular complexity index is 1360. The SMILES string of the molecule is Cc1c(C)c(C)c(C(C)C)c(-c2c(-c3ccccc3P(C(C)(C)C)C(C)(C)C)cc(C(C)C)cc2C(C)C)c1C. The van der Waals surface area contributed by atoms with Crippen LogP contribution in [0, 0.1) is 27.7 Å². The van der Waals surface area contributed by atoms with E-state index in [0.29, 0.717) is 17.8 Å². The number of benzene rings is 3. The number of hydrogen-bond donors (Lipinski definition) is 0. The van der Waals surface area contributed by atoms with Gasteiger partial charge in [0.25, 0.3) is 0 Å². The second kappa shape index (κ2) is 11.8. The third-order valence-electron chi connectivity index (χ3n) is 8.82. The normalized spacial score (nSPS) is 12.9. The highest BCUT2D eigenvalue weighted by Crippen LogP contribution is 2.60. The van der Waals surface area contributed by atoms with Gasteiger partial charge in [0.15, 0.2) is 0 Å². The van der Waals surface area contributed by atoms with Crippen LogP contribution < -0.4 is 5.30 Å². The molecule has 0 spiro atoms. The van der Waals surface area contributed by atoms with Gasteiger partial charge in [-0.2, -0.15) is 0 Å². The van der Waals surface area contributed by atoms with Gasteiger partial charge in [-0.15, -0.1) is 0 Å². The number of rotatable bonds is 6. The second-order valence-electron chi connectivity index (χ2n) is 15.0. The zero-order valence-electron chi connectivity index (χ0n) is 28.6. The predicted molar refractivity (Wildman–Crippen MR) is 185 cm³/mol. The third kappa shape index (κ3) is 6.14. The maximum absolute atomic E-state index is 2.55. The van der Waals surface area contributed by atoms with Crippen LogP contribution in [0.1, 0.15) is 140 Å². The average molecular weight is 557 g/mol. The van der Waals surface area contributed by atoms with E-state index in [1.165, 1.54) is 61.2 Å². The van der Waals surface area contributed by atoms with Gasteiger partial charge >= 0.3 is 0 Å². The van der Waals surface area contributed by atoms with Crippen molar-refractivity contribution in [1.82, 2.24) is 0 Å². The fraction of sp³-hybridized carbons (Fsp3) is 0.538. The molecule has 3 rings (SSSR count). The van der Waals surface area contributed by atoms with E-state index in [1.54, 1.807) is 5.30 Å². The first-order valence-corrected chi connectivity index (χ1v) is 16.8. The fourth-order valence-electron chi connectivity index (χ4n) is 6.98. The molecular weight excluding hydrogens is 499 g/mol. The Labute approximate surface area is 249 Å². The van der Waals surface area contributed by atoms with Crippen molar-refractivity contribution in [2.45, 2.75) is 139 Å². The van der Waals surface area contributed by atoms with Crippen LogP contribution in [0.25, 0.3) is 22.3 Å². The minimum atomic E-state index is -0.459. The van der Waals surface area contributed by atoms with E-state index in [4.69, 9.17) is 0 Å². The Hall–Kier alpha value is -1.91. The lowest BCUT2D eigenvalue weighted by molar-refractivity contribution is 0.715. The molecule has 3 aromatic carbocycles. The van der Waals surface area contributed by atoms with Crippen molar-refractivity contribution in [3.8, 4) is 22.3 Å². The molecule has 0 nitrogen and oxygen atoms in total. The molecule has 0 radical (unpaired) electrons. The van der Waals surface area contributed by atoms with Gasteiger partial charge in [-0.05, 0) is 122 Å². The molecule has 0 aromatic heterocycles. The van der Waals surface area contributed by atoms with E-state index in [9.17, 15) is 0 Å². The Morgan fingerprint density at radius 2 is 1.07 bits per heavy atom. The first kappa shape index (κ1) is 32.6. The molecule has 0 amide bonds. The molecule has 0 N–H and O–H groups in total. The maximum atomic E-state index is 2.55. The molecule has 40 heavy (non-hydrogen) atoms. The highest BCUT2D eigenvalue weighted by Gasteiger charge is 2.37. The van der Waals surface area contributed by atoms with Crippen LogP contribution >= 0.6 is 7.92 Å². The van der Waals surface area contributed by atoms with E-state index >= 15 is 0 Å². The minimum absolute atomic E-state index is 0.191. The molecule has 218 valence electrons. The van der Waals surface area contributed by atoms with Crippen molar-refractivity contribution in [3.05, 3.63) is 75.3 Å². The molecule has 0 aliphatic rings. The summed E-state index contributed by atoms with van der Waals surface area (Å²) >= 11 is 0. The van der Waals surface area contributed by atoms with Gasteiger partial charge in [-0.3, -0.25) is 0 Å². The Morgan fingerprint density at radius 1 is 0.550 bits per heavy atom. The van der Waals surface area contributed by atoms with Crippen LogP contribution in [0.4, 0.5) is 0 Å². The smallest absolute Gasteiger partial charge is 0.00645 e. The molecule has 3 aromatic rings. The van der Waals surface area contributed by atoms with E-state index in [-0.39, 0.29) is 10.3 Å². The predicted octanol–water partition coefficient (Wildman–Crippen LogP) is 12.3. The zero-order chi connectivity index (χ0) is 30.5. The molecule has 0 aliphatic carbocycles. The monoisotopic (exact) mass is 556 g/mol. The van der Waals surface area contributed by atoms with Gasteiger partial charge in [-0.25, -0.2) is 0 Å². The van der Waals surface area contributed by atoms with Crippen molar-refractivity contribution >= 4 is 13.2 Å². The van der Waals surface area contributed by atoms with E-state index in [2.05, 4.69) is 147 Å². The zero-order valence-corrected chi connectivity index (χ0v) is 29.5. The van der Waals surface area contributed by atoms with Gasteiger partial charge in [0.2, 0.25) is 0 Å². The summed E-state index contributed by atoms with van der Waals surface area (Å²) < 4.78 is 0. The van der Waals surface area contributed by atoms with Gasteiger partial charge < -0.3 is 0 Å². The molecule has 1 heteroatoms. The summed E-state index contributed by atoms with van der Waals surface area (Å²) in [5.74, 6) is 1.34. The van der Waals surface area contributed by atoms with E-state index in [1.807, 2.05) is 0 Å². The Balaban J connectivity index is 2.68. The van der Waals surface area contributed by atoms with Crippen LogP contribution in [0.3, 0.4) is 0 Å². The highest BCUT2D eigenvalue weighted by molar-refractivity contribution is 7.68. The first-order chi connectivity index (χ1) is 18.3. The minimum Gasteiger partial charge on any atom is -0.0636 e. The van der Waals surface area contributed by atoms with Crippen molar-refractivity contribution < 1.29 is 0 Å². The molecule has 0 heterocycles. The lowest BCUT2D eigenvalue weighted by atomic mass is 9.76. The standard InChI is InChI=1S/C39H57P/c1-23(2)30-21-32(24(3)4)37(36-29(10)27(8)26(7)28(9)35(36)25(5)6)33(22-30)31-19-17-18-20-34(31)40(38(11,12)13)39(14,15)16/h17-25H,1-16H3. The molecule has 0 unspecified atom stereocenters.